The second-order valence-corrected chi connectivity index (χ2v) is 8.75. The first kappa shape index (κ1) is 38.7. The van der Waals surface area contributed by atoms with Crippen LogP contribution in [-0.4, -0.2) is 15.0 Å². The molecular weight excluding hydrogens is 969 g/mol. The number of aromatic nitrogens is 3. The molecule has 0 aliphatic carbocycles. The molecule has 0 aliphatic rings. The molecule has 0 fully saturated rings. The van der Waals surface area contributed by atoms with Gasteiger partial charge >= 0.3 is 21.1 Å². The van der Waals surface area contributed by atoms with Gasteiger partial charge in [-0.15, -0.1) is 24.3 Å². The molecule has 3 aromatic carbocycles. The Bertz CT molecular complexity index is 1520. The van der Waals surface area contributed by atoms with E-state index in [1.54, 1.807) is 73.2 Å². The van der Waals surface area contributed by atoms with Gasteiger partial charge in [-0.2, -0.15) is 35.9 Å². The van der Waals surface area contributed by atoms with Crippen LogP contribution in [0.2, 0.25) is 0 Å². The monoisotopic (exact) mass is 988 g/mol. The van der Waals surface area contributed by atoms with Gasteiger partial charge in [0, 0.05) is 57.1 Å². The summed E-state index contributed by atoms with van der Waals surface area (Å²) in [6.07, 6.45) is 4.91. The zero-order valence-corrected chi connectivity index (χ0v) is 28.5. The second-order valence-electron chi connectivity index (χ2n) is 7.91. The third kappa shape index (κ3) is 14.0. The smallest absolute Gasteiger partial charge is 0.760 e. The number of benzene rings is 3. The van der Waals surface area contributed by atoms with Crippen LogP contribution in [0, 0.1) is 41.5 Å². The van der Waals surface area contributed by atoms with E-state index < -0.39 is 23.3 Å². The van der Waals surface area contributed by atoms with Gasteiger partial charge in [-0.3, -0.25) is 27.5 Å². The van der Waals surface area contributed by atoms with Gasteiger partial charge in [0.05, 0.1) is 0 Å². The summed E-state index contributed by atoms with van der Waals surface area (Å²) in [7, 11) is 0. The van der Waals surface area contributed by atoms with E-state index in [4.69, 9.17) is 25.3 Å². The van der Waals surface area contributed by atoms with Crippen molar-refractivity contribution < 1.29 is 59.7 Å². The average Bonchev–Trinajstić information content (AvgIpc) is 3.00. The fourth-order valence-corrected chi connectivity index (χ4v) is 3.33. The summed E-state index contributed by atoms with van der Waals surface area (Å²) in [6, 6.07) is 34.8. The van der Waals surface area contributed by atoms with Crippen LogP contribution in [-0.2, 0) is 67.4 Å². The number of nitrogens with zero attached hydrogens (tertiary/aromatic N) is 3. The summed E-state index contributed by atoms with van der Waals surface area (Å²) in [6.45, 7) is 0. The molecule has 230 valence electrons. The molecule has 0 N–H and O–H groups in total. The van der Waals surface area contributed by atoms with Crippen LogP contribution in [0.25, 0.3) is 22.4 Å². The van der Waals surface area contributed by atoms with E-state index in [1.807, 2.05) is 24.3 Å². The van der Waals surface area contributed by atoms with Crippen molar-refractivity contribution in [3.8, 4) is 22.4 Å². The van der Waals surface area contributed by atoms with Crippen LogP contribution < -0.4 is 0 Å². The van der Waals surface area contributed by atoms with Gasteiger partial charge in [0.25, 0.3) is 0 Å². The molecular formula is C33H20F4N3Pt2S2-3. The van der Waals surface area contributed by atoms with Gasteiger partial charge in [-0.25, -0.2) is 5.56 Å². The number of halogens is 4. The van der Waals surface area contributed by atoms with Crippen LogP contribution >= 0.6 is 0 Å². The molecule has 3 nitrogen and oxygen atoms in total. The summed E-state index contributed by atoms with van der Waals surface area (Å²) in [4.78, 5) is 11.5. The maximum Gasteiger partial charge on any atom is 2.00 e. The third-order valence-corrected chi connectivity index (χ3v) is 5.37. The van der Waals surface area contributed by atoms with E-state index in [-0.39, 0.29) is 53.3 Å². The van der Waals surface area contributed by atoms with E-state index in [0.717, 1.165) is 24.3 Å². The fraction of sp³-hybridized carbons (Fsp3) is 0. The third-order valence-electron chi connectivity index (χ3n) is 4.89. The quantitative estimate of drug-likeness (QED) is 0.1000. The molecule has 0 saturated heterocycles. The Kier molecular flexibility index (Phi) is 18.8. The van der Waals surface area contributed by atoms with Crippen LogP contribution in [0.1, 0.15) is 0 Å². The standard InChI is InChI=1S/C12H6F2.C11H6F2N.2C5H5NS.2Pt/c13-10-6-7-11(12(14)8-10)9-4-2-1-3-5-9;12-8-4-5-9(10(13)7-8)11-3-1-2-6-14-11;2*7-5-3-1-2-4-6-5;;/h1-4,6,8H;1-4,6-7H;2*1-4H,(H,6,7);;/q-2;-1;;;;+2/p-2. The Morgan fingerprint density at radius 1 is 0.545 bits per heavy atom. The zero-order chi connectivity index (χ0) is 30.2. The predicted molar refractivity (Wildman–Crippen MR) is 158 cm³/mol. The molecule has 0 atom stereocenters. The summed E-state index contributed by atoms with van der Waals surface area (Å²) in [5.41, 5.74) is 1.45. The first-order valence-electron chi connectivity index (χ1n) is 12.1. The topological polar surface area (TPSA) is 38.7 Å². The van der Waals surface area contributed by atoms with Crippen LogP contribution in [0.3, 0.4) is 0 Å². The van der Waals surface area contributed by atoms with E-state index in [1.165, 1.54) is 0 Å². The predicted octanol–water partition coefficient (Wildman–Crippen LogP) is 8.03. The van der Waals surface area contributed by atoms with Gasteiger partial charge in [0.1, 0.15) is 0 Å². The van der Waals surface area contributed by atoms with Crippen molar-refractivity contribution in [3.05, 3.63) is 163 Å². The van der Waals surface area contributed by atoms with Crippen molar-refractivity contribution in [1.29, 1.82) is 0 Å². The first-order chi connectivity index (χ1) is 20.3. The second kappa shape index (κ2) is 21.4. The molecule has 11 heteroatoms. The average molecular weight is 989 g/mol. The Labute approximate surface area is 293 Å². The molecule has 6 aromatic rings. The molecule has 0 bridgehead atoms. The molecule has 3 heterocycles. The molecule has 0 radical (unpaired) electrons. The SMILES string of the molecule is Fc1c[c-]c(-c2[c-]cccc2)c(F)c1.Fc1c[c-]c(-c2ccccn2)c(F)c1.[Pt+2].[Pt].[S-]c1ccccn1.[S-]c1ccccn1. The maximum atomic E-state index is 13.2. The Hall–Kier alpha value is -3.35. The van der Waals surface area contributed by atoms with Crippen LogP contribution in [0.4, 0.5) is 17.6 Å². The van der Waals surface area contributed by atoms with E-state index in [0.29, 0.717) is 21.3 Å². The molecule has 0 spiro atoms. The van der Waals surface area contributed by atoms with Crippen molar-refractivity contribution in [2.45, 2.75) is 10.1 Å². The molecule has 0 saturated carbocycles. The molecule has 0 unspecified atom stereocenters. The van der Waals surface area contributed by atoms with Crippen molar-refractivity contribution in [2.75, 3.05) is 0 Å². The van der Waals surface area contributed by atoms with Crippen molar-refractivity contribution in [3.63, 3.8) is 0 Å². The van der Waals surface area contributed by atoms with Gasteiger partial charge in [-0.05, 0) is 29.7 Å². The summed E-state index contributed by atoms with van der Waals surface area (Å²) < 4.78 is 51.6. The number of hydrogen-bond acceptors (Lipinski definition) is 5. The summed E-state index contributed by atoms with van der Waals surface area (Å²) in [5, 5.41) is 1.31. The fourth-order valence-electron chi connectivity index (χ4n) is 3.05. The van der Waals surface area contributed by atoms with Gasteiger partial charge < -0.3 is 30.2 Å². The van der Waals surface area contributed by atoms with Crippen molar-refractivity contribution in [2.24, 2.45) is 0 Å². The number of rotatable bonds is 2. The molecule has 6 rings (SSSR count). The van der Waals surface area contributed by atoms with Crippen molar-refractivity contribution in [1.82, 2.24) is 15.0 Å². The summed E-state index contributed by atoms with van der Waals surface area (Å²) >= 11 is 9.40. The van der Waals surface area contributed by atoms with Gasteiger partial charge in [0.2, 0.25) is 0 Å². The van der Waals surface area contributed by atoms with E-state index >= 15 is 0 Å². The molecule has 0 aliphatic heterocycles. The molecule has 3 aromatic heterocycles. The van der Waals surface area contributed by atoms with Gasteiger partial charge in [-0.1, -0.05) is 64.1 Å². The van der Waals surface area contributed by atoms with E-state index in [2.05, 4.69) is 33.2 Å². The zero-order valence-electron chi connectivity index (χ0n) is 22.3. The molecule has 0 amide bonds. The maximum absolute atomic E-state index is 13.2. The Balaban J connectivity index is 0.000000303. The first-order valence-corrected chi connectivity index (χ1v) is 12.9. The number of hydrogen-bond donors (Lipinski definition) is 0. The van der Waals surface area contributed by atoms with E-state index in [9.17, 15) is 17.6 Å². The Morgan fingerprint density at radius 2 is 1.02 bits per heavy atom. The normalized spacial score (nSPS) is 9.18. The van der Waals surface area contributed by atoms with Crippen LogP contribution in [0.15, 0.2) is 132 Å². The van der Waals surface area contributed by atoms with Gasteiger partial charge in [0.15, 0.2) is 0 Å². The Morgan fingerprint density at radius 3 is 1.39 bits per heavy atom. The minimum absolute atomic E-state index is 0. The minimum Gasteiger partial charge on any atom is -0.760 e. The van der Waals surface area contributed by atoms with Crippen LogP contribution in [0.5, 0.6) is 0 Å². The number of pyridine rings is 3. The minimum atomic E-state index is -0.649. The summed E-state index contributed by atoms with van der Waals surface area (Å²) in [5.74, 6) is -2.53. The largest absolute Gasteiger partial charge is 2.00 e. The van der Waals surface area contributed by atoms with Crippen molar-refractivity contribution >= 4 is 25.3 Å². The molecule has 44 heavy (non-hydrogen) atoms.